The van der Waals surface area contributed by atoms with E-state index in [-0.39, 0.29) is 29.0 Å². The zero-order valence-electron chi connectivity index (χ0n) is 10.4. The van der Waals surface area contributed by atoms with E-state index in [4.69, 9.17) is 0 Å². The highest BCUT2D eigenvalue weighted by Gasteiger charge is 2.27. The molecule has 1 aromatic rings. The summed E-state index contributed by atoms with van der Waals surface area (Å²) in [6, 6.07) is 4.61. The van der Waals surface area contributed by atoms with Crippen LogP contribution in [0.4, 0.5) is 0 Å². The minimum Gasteiger partial charge on any atom is -0.504 e. The molecular weight excluding hydrogens is 232 g/mol. The number of likely N-dealkylation sites (N-methyl/N-ethyl adjacent to an activating group) is 1. The summed E-state index contributed by atoms with van der Waals surface area (Å²) in [5.74, 6) is -0.840. The van der Waals surface area contributed by atoms with Crippen LogP contribution < -0.4 is 5.32 Å². The zero-order valence-corrected chi connectivity index (χ0v) is 10.4. The first-order valence-corrected chi connectivity index (χ1v) is 6.17. The lowest BCUT2D eigenvalue weighted by Crippen LogP contribution is -2.41. The third-order valence-corrected chi connectivity index (χ3v) is 3.32. The summed E-state index contributed by atoms with van der Waals surface area (Å²) in [7, 11) is 0. The summed E-state index contributed by atoms with van der Waals surface area (Å²) in [6.07, 6.45) is 0.916. The molecule has 2 rings (SSSR count). The first-order valence-electron chi connectivity index (χ1n) is 6.17. The smallest absolute Gasteiger partial charge is 0.258 e. The predicted octanol–water partition coefficient (Wildman–Crippen LogP) is 0.922. The van der Waals surface area contributed by atoms with Gasteiger partial charge in [0.15, 0.2) is 11.5 Å². The molecule has 1 aliphatic heterocycles. The number of nitrogens with zero attached hydrogens (tertiary/aromatic N) is 1. The van der Waals surface area contributed by atoms with Gasteiger partial charge >= 0.3 is 0 Å². The number of carbonyl (C=O) groups excluding carboxylic acids is 1. The molecule has 98 valence electrons. The first kappa shape index (κ1) is 12.7. The van der Waals surface area contributed by atoms with Crippen molar-refractivity contribution in [2.24, 2.45) is 0 Å². The van der Waals surface area contributed by atoms with Gasteiger partial charge in [0.1, 0.15) is 0 Å². The number of amides is 1. The Morgan fingerprint density at radius 2 is 2.28 bits per heavy atom. The molecule has 0 bridgehead atoms. The van der Waals surface area contributed by atoms with Crippen LogP contribution in [-0.4, -0.2) is 46.7 Å². The van der Waals surface area contributed by atoms with Crippen molar-refractivity contribution in [2.45, 2.75) is 19.4 Å². The van der Waals surface area contributed by atoms with Crippen molar-refractivity contribution in [3.8, 4) is 11.5 Å². The van der Waals surface area contributed by atoms with Crippen LogP contribution in [0.25, 0.3) is 0 Å². The Balaban J connectivity index is 2.25. The second-order valence-corrected chi connectivity index (χ2v) is 4.41. The molecule has 0 saturated carbocycles. The number of para-hydroxylation sites is 1. The zero-order chi connectivity index (χ0) is 13.1. The molecule has 0 radical (unpaired) electrons. The fourth-order valence-corrected chi connectivity index (χ4v) is 2.33. The third-order valence-electron chi connectivity index (χ3n) is 3.32. The van der Waals surface area contributed by atoms with Crippen LogP contribution in [-0.2, 0) is 0 Å². The lowest BCUT2D eigenvalue weighted by molar-refractivity contribution is 0.0700. The molecule has 1 heterocycles. The van der Waals surface area contributed by atoms with Crippen LogP contribution in [0, 0.1) is 0 Å². The van der Waals surface area contributed by atoms with Gasteiger partial charge in [-0.05, 0) is 32.0 Å². The van der Waals surface area contributed by atoms with Gasteiger partial charge < -0.3 is 20.4 Å². The molecule has 18 heavy (non-hydrogen) atoms. The van der Waals surface area contributed by atoms with Gasteiger partial charge in [-0.3, -0.25) is 4.79 Å². The highest BCUT2D eigenvalue weighted by Crippen LogP contribution is 2.29. The van der Waals surface area contributed by atoms with Crippen molar-refractivity contribution >= 4 is 5.91 Å². The van der Waals surface area contributed by atoms with E-state index in [0.29, 0.717) is 6.54 Å². The molecule has 1 fully saturated rings. The van der Waals surface area contributed by atoms with Crippen molar-refractivity contribution in [3.05, 3.63) is 23.8 Å². The number of hydrogen-bond donors (Lipinski definition) is 3. The quantitative estimate of drug-likeness (QED) is 0.698. The molecule has 5 nitrogen and oxygen atoms in total. The number of hydrogen-bond acceptors (Lipinski definition) is 4. The molecule has 1 unspecified atom stereocenters. The summed E-state index contributed by atoms with van der Waals surface area (Å²) in [5.41, 5.74) is 0.156. The topological polar surface area (TPSA) is 72.8 Å². The standard InChI is InChI=1S/C13H18N2O3/c1-2-15(9-6-7-14-8-9)13(18)10-4-3-5-11(16)12(10)17/h3-5,9,14,16-17H,2,6-8H2,1H3. The number of phenolic OH excluding ortho intramolecular Hbond substituents is 2. The number of phenols is 2. The molecule has 0 aromatic heterocycles. The average molecular weight is 250 g/mol. The van der Waals surface area contributed by atoms with E-state index in [1.165, 1.54) is 12.1 Å². The van der Waals surface area contributed by atoms with Gasteiger partial charge in [-0.1, -0.05) is 6.07 Å². The van der Waals surface area contributed by atoms with E-state index in [1.54, 1.807) is 11.0 Å². The van der Waals surface area contributed by atoms with E-state index < -0.39 is 0 Å². The Hall–Kier alpha value is -1.75. The van der Waals surface area contributed by atoms with Gasteiger partial charge in [-0.25, -0.2) is 0 Å². The van der Waals surface area contributed by atoms with E-state index in [2.05, 4.69) is 5.32 Å². The number of rotatable bonds is 3. The Labute approximate surface area is 106 Å². The Kier molecular flexibility index (Phi) is 3.72. The third kappa shape index (κ3) is 2.26. The molecule has 1 saturated heterocycles. The fraction of sp³-hybridized carbons (Fsp3) is 0.462. The Morgan fingerprint density at radius 3 is 2.89 bits per heavy atom. The number of aromatic hydroxyl groups is 2. The summed E-state index contributed by atoms with van der Waals surface area (Å²) in [5, 5.41) is 22.4. The molecule has 0 spiro atoms. The molecule has 1 atom stereocenters. The van der Waals surface area contributed by atoms with E-state index in [9.17, 15) is 15.0 Å². The highest BCUT2D eigenvalue weighted by atomic mass is 16.3. The van der Waals surface area contributed by atoms with Gasteiger partial charge in [0.25, 0.3) is 5.91 Å². The minimum absolute atomic E-state index is 0.156. The van der Waals surface area contributed by atoms with E-state index >= 15 is 0 Å². The maximum atomic E-state index is 12.4. The summed E-state index contributed by atoms with van der Waals surface area (Å²) in [6.45, 7) is 4.18. The highest BCUT2D eigenvalue weighted by molar-refractivity contribution is 5.97. The van der Waals surface area contributed by atoms with Crippen LogP contribution in [0.1, 0.15) is 23.7 Å². The maximum absolute atomic E-state index is 12.4. The van der Waals surface area contributed by atoms with E-state index in [1.807, 2.05) is 6.92 Å². The average Bonchev–Trinajstić information content (AvgIpc) is 2.87. The van der Waals surface area contributed by atoms with E-state index in [0.717, 1.165) is 19.5 Å². The molecule has 1 aromatic carbocycles. The van der Waals surface area contributed by atoms with Gasteiger partial charge in [-0.2, -0.15) is 0 Å². The SMILES string of the molecule is CCN(C(=O)c1cccc(O)c1O)C1CCNC1. The lowest BCUT2D eigenvalue weighted by atomic mass is 10.1. The summed E-state index contributed by atoms with van der Waals surface area (Å²) in [4.78, 5) is 14.1. The summed E-state index contributed by atoms with van der Waals surface area (Å²) < 4.78 is 0. The normalized spacial score (nSPS) is 18.8. The number of nitrogens with one attached hydrogen (secondary N) is 1. The number of benzene rings is 1. The minimum atomic E-state index is -0.341. The summed E-state index contributed by atoms with van der Waals surface area (Å²) >= 11 is 0. The second kappa shape index (κ2) is 5.27. The molecule has 1 aliphatic rings. The molecule has 0 aliphatic carbocycles. The van der Waals surface area contributed by atoms with Crippen LogP contribution >= 0.6 is 0 Å². The fourth-order valence-electron chi connectivity index (χ4n) is 2.33. The van der Waals surface area contributed by atoms with Crippen LogP contribution in [0.3, 0.4) is 0 Å². The lowest BCUT2D eigenvalue weighted by Gasteiger charge is -2.27. The monoisotopic (exact) mass is 250 g/mol. The molecule has 1 amide bonds. The number of carbonyl (C=O) groups is 1. The van der Waals surface area contributed by atoms with Crippen molar-refractivity contribution in [1.82, 2.24) is 10.2 Å². The predicted molar refractivity (Wildman–Crippen MR) is 67.8 cm³/mol. The van der Waals surface area contributed by atoms with Crippen molar-refractivity contribution in [2.75, 3.05) is 19.6 Å². The maximum Gasteiger partial charge on any atom is 0.258 e. The molecule has 3 N–H and O–H groups in total. The van der Waals surface area contributed by atoms with Gasteiger partial charge in [0.05, 0.1) is 5.56 Å². The van der Waals surface area contributed by atoms with Crippen molar-refractivity contribution in [3.63, 3.8) is 0 Å². The molecule has 5 heteroatoms. The van der Waals surface area contributed by atoms with Gasteiger partial charge in [0.2, 0.25) is 0 Å². The van der Waals surface area contributed by atoms with Crippen LogP contribution in [0.5, 0.6) is 11.5 Å². The molecular formula is C13H18N2O3. The van der Waals surface area contributed by atoms with Crippen molar-refractivity contribution < 1.29 is 15.0 Å². The van der Waals surface area contributed by atoms with Crippen LogP contribution in [0.15, 0.2) is 18.2 Å². The Morgan fingerprint density at radius 1 is 1.50 bits per heavy atom. The first-order chi connectivity index (χ1) is 8.65. The Bertz CT molecular complexity index is 442. The second-order valence-electron chi connectivity index (χ2n) is 4.41. The van der Waals surface area contributed by atoms with Gasteiger partial charge in [0, 0.05) is 19.1 Å². The van der Waals surface area contributed by atoms with Crippen LogP contribution in [0.2, 0.25) is 0 Å². The van der Waals surface area contributed by atoms with Gasteiger partial charge in [-0.15, -0.1) is 0 Å². The largest absolute Gasteiger partial charge is 0.504 e. The van der Waals surface area contributed by atoms with Crippen molar-refractivity contribution in [1.29, 1.82) is 0 Å².